The van der Waals surface area contributed by atoms with Crippen LogP contribution in [-0.4, -0.2) is 21.5 Å². The monoisotopic (exact) mass is 814 g/mol. The second-order valence-corrected chi connectivity index (χ2v) is 16.7. The Balaban J connectivity index is 1.07. The number of nitrogens with zero attached hydrogens (tertiary/aromatic N) is 3. The van der Waals surface area contributed by atoms with Crippen LogP contribution in [0.5, 0.6) is 0 Å². The van der Waals surface area contributed by atoms with Crippen LogP contribution in [0.4, 0.5) is 0 Å². The first-order chi connectivity index (χ1) is 31.7. The summed E-state index contributed by atoms with van der Waals surface area (Å²) in [7, 11) is 0. The highest BCUT2D eigenvalue weighted by Crippen LogP contribution is 2.58. The number of dihydropyridines is 1. The first kappa shape index (κ1) is 36.2. The number of aromatic nitrogens is 3. The molecule has 1 N–H and O–H groups in total. The molecular formula is C60H38N4. The molecule has 3 aromatic heterocycles. The molecule has 13 rings (SSSR count). The molecule has 0 atom stereocenters. The molecule has 0 amide bonds. The van der Waals surface area contributed by atoms with E-state index in [2.05, 4.69) is 206 Å². The van der Waals surface area contributed by atoms with Crippen molar-refractivity contribution in [1.82, 2.24) is 20.3 Å². The number of benzene rings is 8. The molecule has 2 aliphatic rings. The number of hydrogen-bond acceptors (Lipinski definition) is 4. The van der Waals surface area contributed by atoms with Crippen LogP contribution >= 0.6 is 0 Å². The molecule has 64 heavy (non-hydrogen) atoms. The van der Waals surface area contributed by atoms with E-state index in [0.717, 1.165) is 73.4 Å². The average Bonchev–Trinajstić information content (AvgIpc) is 3.70. The third kappa shape index (κ3) is 5.73. The summed E-state index contributed by atoms with van der Waals surface area (Å²) >= 11 is 0. The molecule has 0 saturated carbocycles. The highest BCUT2D eigenvalue weighted by atomic mass is 14.9. The van der Waals surface area contributed by atoms with Gasteiger partial charge in [-0.2, -0.15) is 0 Å². The molecule has 8 aromatic carbocycles. The van der Waals surface area contributed by atoms with Crippen LogP contribution in [-0.2, 0) is 0 Å². The first-order valence-corrected chi connectivity index (χ1v) is 21.9. The normalized spacial score (nSPS) is 12.8. The molecule has 4 nitrogen and oxygen atoms in total. The topological polar surface area (TPSA) is 50.7 Å². The number of hydrogen-bond donors (Lipinski definition) is 1. The molecule has 0 spiro atoms. The summed E-state index contributed by atoms with van der Waals surface area (Å²) in [6, 6.07) is 68.2. The Morgan fingerprint density at radius 2 is 0.984 bits per heavy atom. The zero-order valence-corrected chi connectivity index (χ0v) is 34.8. The van der Waals surface area contributed by atoms with E-state index in [1.165, 1.54) is 66.1 Å². The minimum Gasteiger partial charge on any atom is -0.380 e. The van der Waals surface area contributed by atoms with Crippen LogP contribution in [0.3, 0.4) is 0 Å². The quantitative estimate of drug-likeness (QED) is 0.170. The molecule has 0 unspecified atom stereocenters. The fourth-order valence-electron chi connectivity index (χ4n) is 10.2. The van der Waals surface area contributed by atoms with Crippen molar-refractivity contribution in [2.45, 2.75) is 0 Å². The number of pyridine rings is 3. The van der Waals surface area contributed by atoms with Crippen LogP contribution in [0.2, 0.25) is 0 Å². The average molecular weight is 815 g/mol. The highest BCUT2D eigenvalue weighted by Gasteiger charge is 2.31. The summed E-state index contributed by atoms with van der Waals surface area (Å²) < 4.78 is 0. The zero-order valence-electron chi connectivity index (χ0n) is 34.8. The van der Waals surface area contributed by atoms with Crippen LogP contribution in [0.25, 0.3) is 127 Å². The van der Waals surface area contributed by atoms with Crippen molar-refractivity contribution in [3.05, 3.63) is 218 Å². The van der Waals surface area contributed by atoms with Gasteiger partial charge in [0.15, 0.2) is 0 Å². The fraction of sp³-hybridized carbons (Fsp3) is 0.0167. The third-order valence-corrected chi connectivity index (χ3v) is 13.0. The van der Waals surface area contributed by atoms with E-state index >= 15 is 0 Å². The van der Waals surface area contributed by atoms with Gasteiger partial charge in [-0.1, -0.05) is 158 Å². The number of rotatable bonds is 6. The summed E-state index contributed by atoms with van der Waals surface area (Å²) in [5.41, 5.74) is 19.9. The van der Waals surface area contributed by atoms with Crippen molar-refractivity contribution < 1.29 is 0 Å². The van der Waals surface area contributed by atoms with Crippen LogP contribution < -0.4 is 5.32 Å². The minimum absolute atomic E-state index is 0.777. The smallest absolute Gasteiger partial charge is 0.0972 e. The van der Waals surface area contributed by atoms with Gasteiger partial charge in [-0.05, 0) is 126 Å². The first-order valence-electron chi connectivity index (χ1n) is 21.9. The summed E-state index contributed by atoms with van der Waals surface area (Å²) in [6.45, 7) is 0.777. The van der Waals surface area contributed by atoms with Crippen molar-refractivity contribution in [2.24, 2.45) is 0 Å². The van der Waals surface area contributed by atoms with Gasteiger partial charge in [-0.3, -0.25) is 4.98 Å². The van der Waals surface area contributed by atoms with Crippen molar-refractivity contribution in [3.8, 4) is 78.1 Å². The van der Waals surface area contributed by atoms with Crippen molar-refractivity contribution >= 4 is 49.0 Å². The lowest BCUT2D eigenvalue weighted by molar-refractivity contribution is 0.982. The van der Waals surface area contributed by atoms with E-state index in [1.54, 1.807) is 0 Å². The third-order valence-electron chi connectivity index (χ3n) is 13.0. The Labute approximate surface area is 370 Å². The van der Waals surface area contributed by atoms with Gasteiger partial charge < -0.3 is 5.32 Å². The molecular weight excluding hydrogens is 777 g/mol. The largest absolute Gasteiger partial charge is 0.380 e. The van der Waals surface area contributed by atoms with Crippen molar-refractivity contribution in [2.75, 3.05) is 6.54 Å². The van der Waals surface area contributed by atoms with Gasteiger partial charge in [-0.25, -0.2) is 9.97 Å². The molecule has 0 bridgehead atoms. The zero-order chi connectivity index (χ0) is 42.1. The lowest BCUT2D eigenvalue weighted by atomic mass is 9.82. The summed E-state index contributed by atoms with van der Waals surface area (Å²) in [6.07, 6.45) is 8.14. The van der Waals surface area contributed by atoms with E-state index < -0.39 is 0 Å². The van der Waals surface area contributed by atoms with Crippen molar-refractivity contribution in [1.29, 1.82) is 0 Å². The summed E-state index contributed by atoms with van der Waals surface area (Å²) in [4.78, 5) is 15.4. The maximum atomic E-state index is 5.36. The van der Waals surface area contributed by atoms with Gasteiger partial charge in [0.05, 0.1) is 33.8 Å². The van der Waals surface area contributed by atoms with E-state index in [4.69, 9.17) is 15.0 Å². The standard InChI is InChI=1S/C60H38N4/c1-3-14-37(15-4-1)54-46-19-7-8-20-47(46)55(38-16-5-2-6-17-38)58-49-30-29-44(45-21-11-22-48(56(45)49)57(54)58)41-34-42(50-24-12-25-53(63-50)52-23-9-10-32-61-52)36-43(35-41)51-31-28-40-27-26-39-18-13-33-62-59(39)60(40)64-51/h1-31,33-36,61H,32H2. The molecule has 1 aliphatic heterocycles. The lowest BCUT2D eigenvalue weighted by Crippen LogP contribution is -2.15. The Morgan fingerprint density at radius 3 is 1.70 bits per heavy atom. The van der Waals surface area contributed by atoms with Gasteiger partial charge in [0, 0.05) is 34.6 Å². The van der Waals surface area contributed by atoms with E-state index in [1.807, 2.05) is 12.3 Å². The second kappa shape index (κ2) is 14.6. The molecule has 0 fully saturated rings. The predicted octanol–water partition coefficient (Wildman–Crippen LogP) is 15.0. The van der Waals surface area contributed by atoms with E-state index in [0.29, 0.717) is 0 Å². The van der Waals surface area contributed by atoms with Gasteiger partial charge >= 0.3 is 0 Å². The predicted molar refractivity (Wildman–Crippen MR) is 267 cm³/mol. The lowest BCUT2D eigenvalue weighted by Gasteiger charge is -2.20. The Kier molecular flexibility index (Phi) is 8.25. The number of allylic oxidation sites excluding steroid dienone is 2. The highest BCUT2D eigenvalue weighted by molar-refractivity contribution is 6.28. The van der Waals surface area contributed by atoms with Gasteiger partial charge in [-0.15, -0.1) is 0 Å². The summed E-state index contributed by atoms with van der Waals surface area (Å²) in [5.74, 6) is 0. The minimum atomic E-state index is 0.777. The van der Waals surface area contributed by atoms with Gasteiger partial charge in [0.2, 0.25) is 0 Å². The second-order valence-electron chi connectivity index (χ2n) is 16.7. The van der Waals surface area contributed by atoms with E-state index in [-0.39, 0.29) is 0 Å². The molecule has 0 saturated heterocycles. The Morgan fingerprint density at radius 1 is 0.391 bits per heavy atom. The number of fused-ring (bicyclic) bond motifs is 7. The van der Waals surface area contributed by atoms with Crippen LogP contribution in [0.15, 0.2) is 212 Å². The van der Waals surface area contributed by atoms with Crippen molar-refractivity contribution in [3.63, 3.8) is 0 Å². The molecule has 11 aromatic rings. The Hall–Kier alpha value is -8.47. The fourth-order valence-corrected chi connectivity index (χ4v) is 10.2. The van der Waals surface area contributed by atoms with Crippen LogP contribution in [0.1, 0.15) is 5.69 Å². The van der Waals surface area contributed by atoms with Gasteiger partial charge in [0.25, 0.3) is 0 Å². The maximum Gasteiger partial charge on any atom is 0.0972 e. The molecule has 298 valence electrons. The maximum absolute atomic E-state index is 5.36. The number of nitrogens with one attached hydrogen (secondary N) is 1. The Bertz CT molecular complexity index is 3680. The van der Waals surface area contributed by atoms with Gasteiger partial charge in [0.1, 0.15) is 0 Å². The molecule has 4 heterocycles. The molecule has 4 heteroatoms. The van der Waals surface area contributed by atoms with Crippen LogP contribution in [0, 0.1) is 0 Å². The molecule has 1 aliphatic carbocycles. The summed E-state index contributed by atoms with van der Waals surface area (Å²) in [5, 5.41) is 10.6. The SMILES string of the molecule is C1=CCNC(c2cccc(-c3cc(-c4ccc5ccc6cccnc6c5n4)cc(-c4ccc5c6c(cccc46)-c4c-5c(-c5ccccc5)c5ccccc5c4-c4ccccc4)c3)n2)=C1. The molecule has 0 radical (unpaired) electrons. The van der Waals surface area contributed by atoms with E-state index in [9.17, 15) is 0 Å².